The van der Waals surface area contributed by atoms with Crippen LogP contribution in [0.2, 0.25) is 0 Å². The van der Waals surface area contributed by atoms with Crippen molar-refractivity contribution in [2.45, 2.75) is 31.1 Å². The highest BCUT2D eigenvalue weighted by atomic mass is 16.5. The van der Waals surface area contributed by atoms with Gasteiger partial charge in [-0.25, -0.2) is 4.79 Å². The summed E-state index contributed by atoms with van der Waals surface area (Å²) in [4.78, 5) is 22.7. The molecule has 1 amide bonds. The summed E-state index contributed by atoms with van der Waals surface area (Å²) in [5, 5.41) is 11.2. The fraction of sp³-hybridized carbons (Fsp3) is 0.286. The van der Waals surface area contributed by atoms with Crippen molar-refractivity contribution in [2.75, 3.05) is 6.61 Å². The zero-order valence-corrected chi connectivity index (χ0v) is 18.2. The summed E-state index contributed by atoms with van der Waals surface area (Å²) in [5.41, 5.74) is 10.7. The van der Waals surface area contributed by atoms with Crippen molar-refractivity contribution in [3.63, 3.8) is 0 Å². The fourth-order valence-corrected chi connectivity index (χ4v) is 6.32. The summed E-state index contributed by atoms with van der Waals surface area (Å²) in [6, 6.07) is 17.5. The lowest BCUT2D eigenvalue weighted by atomic mass is 9.46. The Bertz CT molecular complexity index is 1340. The van der Waals surface area contributed by atoms with Gasteiger partial charge in [-0.05, 0) is 89.8 Å². The third kappa shape index (κ3) is 3.22. The minimum Gasteiger partial charge on any atom is -0.483 e. The van der Waals surface area contributed by atoms with Gasteiger partial charge in [-0.2, -0.15) is 0 Å². The van der Waals surface area contributed by atoms with Gasteiger partial charge in [0.2, 0.25) is 0 Å². The Labute approximate surface area is 191 Å². The van der Waals surface area contributed by atoms with Gasteiger partial charge < -0.3 is 15.6 Å². The van der Waals surface area contributed by atoms with Gasteiger partial charge in [-0.1, -0.05) is 35.9 Å². The van der Waals surface area contributed by atoms with E-state index in [-0.39, 0.29) is 17.6 Å². The molecule has 3 N–H and O–H groups in total. The van der Waals surface area contributed by atoms with Gasteiger partial charge in [0.1, 0.15) is 5.75 Å². The first-order chi connectivity index (χ1) is 15.9. The lowest BCUT2D eigenvalue weighted by Crippen LogP contribution is -2.49. The van der Waals surface area contributed by atoms with E-state index in [2.05, 4.69) is 18.2 Å². The normalized spacial score (nSPS) is 24.8. The molecule has 0 aromatic heterocycles. The fourth-order valence-electron chi connectivity index (χ4n) is 6.32. The maximum absolute atomic E-state index is 11.4. The van der Waals surface area contributed by atoms with E-state index in [9.17, 15) is 14.7 Å². The number of hydrogen-bond acceptors (Lipinski definition) is 3. The van der Waals surface area contributed by atoms with E-state index in [0.29, 0.717) is 11.8 Å². The predicted octanol–water partition coefficient (Wildman–Crippen LogP) is 5.07. The highest BCUT2D eigenvalue weighted by Gasteiger charge is 2.54. The maximum Gasteiger partial charge on any atom is 0.335 e. The van der Waals surface area contributed by atoms with Gasteiger partial charge in [0.15, 0.2) is 6.61 Å². The molecule has 2 atom stereocenters. The second kappa shape index (κ2) is 7.20. The number of rotatable bonds is 6. The van der Waals surface area contributed by atoms with Crippen LogP contribution in [0, 0.1) is 11.8 Å². The monoisotopic (exact) mass is 439 g/mol. The number of allylic oxidation sites excluding steroid dienone is 2. The molecule has 0 spiro atoms. The molecule has 3 aromatic carbocycles. The molecule has 166 valence electrons. The molecule has 0 radical (unpaired) electrons. The number of fused-ring (bicyclic) bond motifs is 2. The summed E-state index contributed by atoms with van der Waals surface area (Å²) in [5.74, 6) is 0.729. The number of carbonyl (C=O) groups is 2. The van der Waals surface area contributed by atoms with Gasteiger partial charge in [-0.3, -0.25) is 4.79 Å². The first-order valence-electron chi connectivity index (χ1n) is 11.4. The molecule has 5 aliphatic carbocycles. The number of benzene rings is 3. The molecule has 0 saturated heterocycles. The Kier molecular flexibility index (Phi) is 4.37. The first-order valence-corrected chi connectivity index (χ1v) is 11.4. The molecule has 8 rings (SSSR count). The number of hydrogen-bond donors (Lipinski definition) is 2. The average Bonchev–Trinajstić information content (AvgIpc) is 2.82. The smallest absolute Gasteiger partial charge is 0.335 e. The summed E-state index contributed by atoms with van der Waals surface area (Å²) in [6.07, 6.45) is 7.03. The lowest BCUT2D eigenvalue weighted by Gasteiger charge is -2.58. The molecule has 0 heterocycles. The molecule has 5 heteroatoms. The van der Waals surface area contributed by atoms with Crippen molar-refractivity contribution in [3.05, 3.63) is 77.4 Å². The van der Waals surface area contributed by atoms with Crippen LogP contribution in [0.15, 0.2) is 66.2 Å². The number of carboxylic acid groups (broad SMARTS) is 1. The first kappa shape index (κ1) is 20.0. The van der Waals surface area contributed by atoms with Crippen LogP contribution in [-0.2, 0) is 10.2 Å². The van der Waals surface area contributed by atoms with Crippen LogP contribution < -0.4 is 10.5 Å². The quantitative estimate of drug-likeness (QED) is 0.525. The van der Waals surface area contributed by atoms with Crippen molar-refractivity contribution >= 4 is 22.6 Å². The highest BCUT2D eigenvalue weighted by Crippen LogP contribution is 2.64. The Morgan fingerprint density at radius 3 is 2.39 bits per heavy atom. The lowest BCUT2D eigenvalue weighted by molar-refractivity contribution is -0.120. The number of carboxylic acids is 1. The van der Waals surface area contributed by atoms with Crippen LogP contribution in [0.1, 0.15) is 41.6 Å². The molecule has 4 bridgehead atoms. The molecule has 3 saturated carbocycles. The summed E-state index contributed by atoms with van der Waals surface area (Å²) in [6.45, 7) is -0.127. The standard InChI is InChI=1S/C28H25NO4/c29-26(30)15-33-25-6-5-19(12-24(25)28-8-7-23-21(13-28)11-22(23)14-28)17-1-2-18-10-20(27(31)32)4-3-16(18)9-17/h1-7,9-10,12,21-22H,8,11,13-15H2,(H2,29,30)(H,31,32). The van der Waals surface area contributed by atoms with Gasteiger partial charge in [0.05, 0.1) is 5.56 Å². The summed E-state index contributed by atoms with van der Waals surface area (Å²) >= 11 is 0. The topological polar surface area (TPSA) is 89.6 Å². The predicted molar refractivity (Wildman–Crippen MR) is 126 cm³/mol. The average molecular weight is 440 g/mol. The third-order valence-corrected chi connectivity index (χ3v) is 7.86. The minimum atomic E-state index is -0.924. The number of aromatic carboxylic acids is 1. The second-order valence-corrected chi connectivity index (χ2v) is 9.77. The minimum absolute atomic E-state index is 0.0472. The van der Waals surface area contributed by atoms with Gasteiger partial charge in [0, 0.05) is 11.0 Å². The van der Waals surface area contributed by atoms with Gasteiger partial charge in [0.25, 0.3) is 5.91 Å². The maximum atomic E-state index is 11.4. The number of ether oxygens (including phenoxy) is 1. The second-order valence-electron chi connectivity index (χ2n) is 9.77. The number of amides is 1. The summed E-state index contributed by atoms with van der Waals surface area (Å²) < 4.78 is 5.89. The van der Waals surface area contributed by atoms with E-state index in [1.54, 1.807) is 17.7 Å². The molecular weight excluding hydrogens is 414 g/mol. The Morgan fingerprint density at radius 1 is 0.970 bits per heavy atom. The molecule has 5 aliphatic rings. The van der Waals surface area contributed by atoms with Gasteiger partial charge >= 0.3 is 5.97 Å². The molecular formula is C28H25NO4. The van der Waals surface area contributed by atoms with E-state index < -0.39 is 11.9 Å². The van der Waals surface area contributed by atoms with Crippen LogP contribution in [-0.4, -0.2) is 23.6 Å². The molecule has 3 fully saturated rings. The van der Waals surface area contributed by atoms with Crippen molar-refractivity contribution < 1.29 is 19.4 Å². The van der Waals surface area contributed by atoms with Crippen LogP contribution >= 0.6 is 0 Å². The zero-order valence-electron chi connectivity index (χ0n) is 18.2. The number of nitrogens with two attached hydrogens (primary N) is 1. The summed E-state index contributed by atoms with van der Waals surface area (Å²) in [7, 11) is 0. The number of carbonyl (C=O) groups excluding carboxylic acids is 1. The molecule has 5 nitrogen and oxygen atoms in total. The largest absolute Gasteiger partial charge is 0.483 e. The Balaban J connectivity index is 1.42. The van der Waals surface area contributed by atoms with E-state index in [0.717, 1.165) is 46.9 Å². The Morgan fingerprint density at radius 2 is 1.67 bits per heavy atom. The van der Waals surface area contributed by atoms with Gasteiger partial charge in [-0.15, -0.1) is 0 Å². The van der Waals surface area contributed by atoms with Crippen LogP contribution in [0.4, 0.5) is 0 Å². The SMILES string of the molecule is NC(=O)COc1ccc(-c2ccc3cc(C(=O)O)ccc3c2)cc1C12CC=C3C(CC3C1)C2. The van der Waals surface area contributed by atoms with Crippen LogP contribution in [0.25, 0.3) is 21.9 Å². The highest BCUT2D eigenvalue weighted by molar-refractivity contribution is 5.95. The van der Waals surface area contributed by atoms with Crippen molar-refractivity contribution in [3.8, 4) is 16.9 Å². The van der Waals surface area contributed by atoms with Crippen molar-refractivity contribution in [2.24, 2.45) is 17.6 Å². The molecule has 2 unspecified atom stereocenters. The third-order valence-electron chi connectivity index (χ3n) is 7.86. The molecule has 3 aromatic rings. The van der Waals surface area contributed by atoms with E-state index in [1.807, 2.05) is 30.3 Å². The number of primary amides is 1. The molecule has 0 aliphatic heterocycles. The zero-order chi connectivity index (χ0) is 22.7. The molecule has 33 heavy (non-hydrogen) atoms. The van der Waals surface area contributed by atoms with Crippen LogP contribution in [0.5, 0.6) is 5.75 Å². The van der Waals surface area contributed by atoms with Crippen molar-refractivity contribution in [1.82, 2.24) is 0 Å². The van der Waals surface area contributed by atoms with E-state index in [4.69, 9.17) is 10.5 Å². The Hall–Kier alpha value is -3.60. The van der Waals surface area contributed by atoms with Crippen molar-refractivity contribution in [1.29, 1.82) is 0 Å². The van der Waals surface area contributed by atoms with E-state index >= 15 is 0 Å². The van der Waals surface area contributed by atoms with Crippen LogP contribution in [0.3, 0.4) is 0 Å². The van der Waals surface area contributed by atoms with E-state index in [1.165, 1.54) is 12.0 Å².